The minimum atomic E-state index is -0.466. The van der Waals surface area contributed by atoms with Crippen molar-refractivity contribution in [3.63, 3.8) is 0 Å². The Hall–Kier alpha value is -4.64. The third-order valence-electron chi connectivity index (χ3n) is 7.26. The van der Waals surface area contributed by atoms with Crippen molar-refractivity contribution in [2.75, 3.05) is 44.8 Å². The van der Waals surface area contributed by atoms with E-state index in [0.29, 0.717) is 37.6 Å². The summed E-state index contributed by atoms with van der Waals surface area (Å²) in [6, 6.07) is 18.9. The Balaban J connectivity index is 1.36. The fourth-order valence-electron chi connectivity index (χ4n) is 5.26. The molecule has 1 aliphatic rings. The van der Waals surface area contributed by atoms with Gasteiger partial charge in [-0.15, -0.1) is 5.10 Å². The van der Waals surface area contributed by atoms with Crippen LogP contribution in [0.15, 0.2) is 76.1 Å². The zero-order chi connectivity index (χ0) is 27.5. The first-order valence-corrected chi connectivity index (χ1v) is 13.3. The van der Waals surface area contributed by atoms with Crippen molar-refractivity contribution >= 4 is 16.6 Å². The molecule has 2 aromatic carbocycles. The lowest BCUT2D eigenvalue weighted by Crippen LogP contribution is -2.49. The maximum atomic E-state index is 13.6. The number of hydrogen-bond acceptors (Lipinski definition) is 9. The summed E-state index contributed by atoms with van der Waals surface area (Å²) in [4.78, 5) is 21.2. The normalized spacial score (nSPS) is 14.9. The van der Waals surface area contributed by atoms with Crippen molar-refractivity contribution in [2.45, 2.75) is 19.5 Å². The molecule has 0 saturated carbocycles. The van der Waals surface area contributed by atoms with Gasteiger partial charge in [0.2, 0.25) is 0 Å². The average molecular weight is 542 g/mol. The highest BCUT2D eigenvalue weighted by atomic mass is 16.5. The van der Waals surface area contributed by atoms with E-state index in [9.17, 15) is 4.79 Å². The number of anilines is 1. The summed E-state index contributed by atoms with van der Waals surface area (Å²) in [7, 11) is 1.67. The van der Waals surface area contributed by atoms with E-state index in [4.69, 9.17) is 13.9 Å². The quantitative estimate of drug-likeness (QED) is 0.300. The Morgan fingerprint density at radius 3 is 2.55 bits per heavy atom. The third kappa shape index (κ3) is 5.15. The van der Waals surface area contributed by atoms with Crippen molar-refractivity contribution in [2.24, 2.45) is 0 Å². The highest BCUT2D eigenvalue weighted by Crippen LogP contribution is 2.30. The molecule has 206 valence electrons. The van der Waals surface area contributed by atoms with Crippen molar-refractivity contribution in [1.82, 2.24) is 30.1 Å². The molecule has 0 spiro atoms. The Bertz CT molecular complexity index is 1620. The number of piperazine rings is 1. The SMILES string of the molecule is CCOc1ccc2[nH]c(=O)c(C(c3nnnn3Cc3ccco3)N3CCN(c4ccc(OC)cc4)CC3)cc2c1. The van der Waals surface area contributed by atoms with Crippen molar-refractivity contribution in [1.29, 1.82) is 0 Å². The molecule has 1 atom stereocenters. The van der Waals surface area contributed by atoms with Gasteiger partial charge in [-0.2, -0.15) is 0 Å². The summed E-state index contributed by atoms with van der Waals surface area (Å²) in [6.45, 7) is 5.84. The van der Waals surface area contributed by atoms with Gasteiger partial charge in [0.15, 0.2) is 5.82 Å². The van der Waals surface area contributed by atoms with Crippen LogP contribution in [0, 0.1) is 0 Å². The monoisotopic (exact) mass is 541 g/mol. The summed E-state index contributed by atoms with van der Waals surface area (Å²) >= 11 is 0. The smallest absolute Gasteiger partial charge is 0.253 e. The van der Waals surface area contributed by atoms with Gasteiger partial charge in [0.05, 0.1) is 20.0 Å². The number of furan rings is 1. The maximum absolute atomic E-state index is 13.6. The van der Waals surface area contributed by atoms with Gasteiger partial charge >= 0.3 is 0 Å². The summed E-state index contributed by atoms with van der Waals surface area (Å²) in [5.41, 5.74) is 2.28. The molecule has 3 aromatic heterocycles. The van der Waals surface area contributed by atoms with Gasteiger partial charge in [-0.05, 0) is 78.0 Å². The van der Waals surface area contributed by atoms with Crippen LogP contribution in [0.25, 0.3) is 10.9 Å². The Kier molecular flexibility index (Phi) is 7.19. The average Bonchev–Trinajstić information content (AvgIpc) is 3.67. The number of aromatic nitrogens is 5. The maximum Gasteiger partial charge on any atom is 0.253 e. The lowest BCUT2D eigenvalue weighted by Gasteiger charge is -2.39. The standard InChI is InChI=1S/C29H31N7O4/c1-3-39-23-10-11-26-20(17-23)18-25(29(37)30-26)27(28-31-32-33-36(28)19-24-5-4-16-40-24)35-14-12-34(13-15-35)21-6-8-22(38-2)9-7-21/h4-11,16-18,27H,3,12-15,19H2,1-2H3,(H,30,37). The molecule has 1 unspecified atom stereocenters. The number of benzene rings is 2. The number of hydrogen-bond donors (Lipinski definition) is 1. The zero-order valence-electron chi connectivity index (χ0n) is 22.5. The fraction of sp³-hybridized carbons (Fsp3) is 0.310. The molecule has 1 saturated heterocycles. The van der Waals surface area contributed by atoms with Gasteiger partial charge in [0.25, 0.3) is 5.56 Å². The van der Waals surface area contributed by atoms with E-state index in [-0.39, 0.29) is 5.56 Å². The van der Waals surface area contributed by atoms with Gasteiger partial charge < -0.3 is 23.8 Å². The van der Waals surface area contributed by atoms with E-state index in [2.05, 4.69) is 42.4 Å². The van der Waals surface area contributed by atoms with Gasteiger partial charge in [-0.3, -0.25) is 9.69 Å². The largest absolute Gasteiger partial charge is 0.497 e. The molecule has 0 amide bonds. The molecule has 4 heterocycles. The molecule has 0 bridgehead atoms. The van der Waals surface area contributed by atoms with Crippen molar-refractivity contribution in [3.05, 3.63) is 94.4 Å². The lowest BCUT2D eigenvalue weighted by molar-refractivity contribution is 0.200. The van der Waals surface area contributed by atoms with E-state index in [0.717, 1.165) is 46.9 Å². The van der Waals surface area contributed by atoms with Gasteiger partial charge in [0, 0.05) is 48.3 Å². The zero-order valence-corrected chi connectivity index (χ0v) is 22.5. The summed E-state index contributed by atoms with van der Waals surface area (Å²) < 4.78 is 18.3. The number of nitrogens with one attached hydrogen (secondary N) is 1. The minimum Gasteiger partial charge on any atom is -0.497 e. The first-order chi connectivity index (χ1) is 19.6. The molecule has 1 fully saturated rings. The molecular formula is C29H31N7O4. The molecule has 0 radical (unpaired) electrons. The van der Waals surface area contributed by atoms with Crippen LogP contribution in [-0.4, -0.2) is 70.0 Å². The number of rotatable bonds is 9. The van der Waals surface area contributed by atoms with Crippen molar-refractivity contribution in [3.8, 4) is 11.5 Å². The Morgan fingerprint density at radius 1 is 1.02 bits per heavy atom. The molecule has 1 N–H and O–H groups in total. The summed E-state index contributed by atoms with van der Waals surface area (Å²) in [5, 5.41) is 13.6. The second-order valence-corrected chi connectivity index (χ2v) is 9.63. The van der Waals surface area contributed by atoms with Crippen LogP contribution in [-0.2, 0) is 6.54 Å². The number of pyridine rings is 1. The van der Waals surface area contributed by atoms with Gasteiger partial charge in [-0.25, -0.2) is 4.68 Å². The van der Waals surface area contributed by atoms with Crippen LogP contribution in [0.4, 0.5) is 5.69 Å². The second kappa shape index (κ2) is 11.2. The molecule has 6 rings (SSSR count). The van der Waals surface area contributed by atoms with Crippen LogP contribution in [0.1, 0.15) is 30.1 Å². The number of tetrazole rings is 1. The van der Waals surface area contributed by atoms with E-state index in [1.807, 2.05) is 55.5 Å². The highest BCUT2D eigenvalue weighted by Gasteiger charge is 2.33. The number of aromatic amines is 1. The van der Waals surface area contributed by atoms with Gasteiger partial charge in [0.1, 0.15) is 29.8 Å². The van der Waals surface area contributed by atoms with Crippen LogP contribution in [0.2, 0.25) is 0 Å². The number of fused-ring (bicyclic) bond motifs is 1. The Morgan fingerprint density at radius 2 is 1.82 bits per heavy atom. The number of nitrogens with zero attached hydrogens (tertiary/aromatic N) is 6. The number of methoxy groups -OCH3 is 1. The van der Waals surface area contributed by atoms with E-state index >= 15 is 0 Å². The summed E-state index contributed by atoms with van der Waals surface area (Å²) in [5.74, 6) is 2.89. The van der Waals surface area contributed by atoms with Crippen LogP contribution >= 0.6 is 0 Å². The van der Waals surface area contributed by atoms with E-state index in [1.54, 1.807) is 18.1 Å². The Labute approximate surface area is 230 Å². The molecule has 0 aliphatic carbocycles. The lowest BCUT2D eigenvalue weighted by atomic mass is 10.0. The first kappa shape index (κ1) is 25.6. The number of ether oxygens (including phenoxy) is 2. The predicted octanol–water partition coefficient (Wildman–Crippen LogP) is 3.47. The number of H-pyrrole nitrogens is 1. The third-order valence-corrected chi connectivity index (χ3v) is 7.26. The fourth-order valence-corrected chi connectivity index (χ4v) is 5.26. The van der Waals surface area contributed by atoms with E-state index in [1.165, 1.54) is 0 Å². The molecule has 11 nitrogen and oxygen atoms in total. The van der Waals surface area contributed by atoms with E-state index < -0.39 is 6.04 Å². The minimum absolute atomic E-state index is 0.174. The van der Waals surface area contributed by atoms with Gasteiger partial charge in [-0.1, -0.05) is 0 Å². The molecule has 40 heavy (non-hydrogen) atoms. The topological polar surface area (TPSA) is 115 Å². The first-order valence-electron chi connectivity index (χ1n) is 13.3. The second-order valence-electron chi connectivity index (χ2n) is 9.63. The van der Waals surface area contributed by atoms with Crippen LogP contribution in [0.3, 0.4) is 0 Å². The summed E-state index contributed by atoms with van der Waals surface area (Å²) in [6.07, 6.45) is 1.62. The molecule has 1 aliphatic heterocycles. The molecule has 11 heteroatoms. The molecular weight excluding hydrogens is 510 g/mol. The van der Waals surface area contributed by atoms with Crippen molar-refractivity contribution < 1.29 is 13.9 Å². The van der Waals surface area contributed by atoms with Crippen LogP contribution < -0.4 is 19.9 Å². The highest BCUT2D eigenvalue weighted by molar-refractivity contribution is 5.80. The predicted molar refractivity (Wildman–Crippen MR) is 150 cm³/mol. The molecule has 5 aromatic rings. The van der Waals surface area contributed by atoms with Crippen LogP contribution in [0.5, 0.6) is 11.5 Å².